The number of carbonyl (C=O) groups is 1. The minimum absolute atomic E-state index is 0.281. The minimum Gasteiger partial charge on any atom is -0.397 e. The van der Waals surface area contributed by atoms with Crippen LogP contribution in [-0.4, -0.2) is 10.9 Å². The Morgan fingerprint density at radius 2 is 2.16 bits per heavy atom. The van der Waals surface area contributed by atoms with E-state index in [-0.39, 0.29) is 5.91 Å². The van der Waals surface area contributed by atoms with Gasteiger partial charge in [-0.2, -0.15) is 0 Å². The summed E-state index contributed by atoms with van der Waals surface area (Å²) in [5, 5.41) is 3.23. The van der Waals surface area contributed by atoms with Gasteiger partial charge in [-0.25, -0.2) is 4.98 Å². The lowest BCUT2D eigenvalue weighted by Gasteiger charge is -2.07. The van der Waals surface area contributed by atoms with E-state index in [1.165, 1.54) is 6.20 Å². The molecule has 7 heteroatoms. The van der Waals surface area contributed by atoms with Crippen molar-refractivity contribution in [3.63, 3.8) is 0 Å². The number of hydrogen-bond donors (Lipinski definition) is 2. The number of nitrogens with one attached hydrogen (secondary N) is 1. The van der Waals surface area contributed by atoms with Crippen LogP contribution < -0.4 is 11.1 Å². The molecule has 1 aromatic carbocycles. The van der Waals surface area contributed by atoms with E-state index in [0.717, 1.165) is 3.57 Å². The molecule has 0 bridgehead atoms. The number of amides is 1. The van der Waals surface area contributed by atoms with E-state index in [2.05, 4.69) is 48.8 Å². The van der Waals surface area contributed by atoms with Crippen LogP contribution in [0, 0.1) is 3.57 Å². The molecule has 4 nitrogen and oxygen atoms in total. The van der Waals surface area contributed by atoms with Gasteiger partial charge >= 0.3 is 0 Å². The molecule has 0 saturated carbocycles. The maximum Gasteiger partial charge on any atom is 0.256 e. The molecular formula is C12H8BrClIN3O. The number of halogens is 3. The number of anilines is 2. The number of benzene rings is 1. The molecule has 1 heterocycles. The SMILES string of the molecule is Nc1cnc(NC(=O)c2ccc(I)c(Cl)c2)c(Br)c1. The molecule has 0 atom stereocenters. The summed E-state index contributed by atoms with van der Waals surface area (Å²) in [7, 11) is 0. The molecule has 0 aliphatic carbocycles. The zero-order valence-corrected chi connectivity index (χ0v) is 14.0. The largest absolute Gasteiger partial charge is 0.397 e. The van der Waals surface area contributed by atoms with Crippen LogP contribution in [0.1, 0.15) is 10.4 Å². The summed E-state index contributed by atoms with van der Waals surface area (Å²) in [6, 6.07) is 6.77. The first kappa shape index (κ1) is 14.5. The number of aromatic nitrogens is 1. The monoisotopic (exact) mass is 451 g/mol. The molecule has 0 unspecified atom stereocenters. The summed E-state index contributed by atoms with van der Waals surface area (Å²) < 4.78 is 1.51. The van der Waals surface area contributed by atoms with Crippen molar-refractivity contribution in [2.24, 2.45) is 0 Å². The van der Waals surface area contributed by atoms with E-state index >= 15 is 0 Å². The highest BCUT2D eigenvalue weighted by Crippen LogP contribution is 2.23. The summed E-state index contributed by atoms with van der Waals surface area (Å²) >= 11 is 11.4. The summed E-state index contributed by atoms with van der Waals surface area (Å²) in [5.41, 5.74) is 6.57. The summed E-state index contributed by atoms with van der Waals surface area (Å²) in [6.45, 7) is 0. The third-order valence-corrected chi connectivity index (χ3v) is 4.45. The van der Waals surface area contributed by atoms with Crippen LogP contribution in [0.5, 0.6) is 0 Å². The van der Waals surface area contributed by atoms with Gasteiger partial charge in [-0.05, 0) is 62.8 Å². The van der Waals surface area contributed by atoms with Gasteiger partial charge in [0.05, 0.1) is 21.4 Å². The van der Waals surface area contributed by atoms with E-state index in [9.17, 15) is 4.79 Å². The maximum absolute atomic E-state index is 12.1. The first-order valence-corrected chi connectivity index (χ1v) is 7.40. The lowest BCUT2D eigenvalue weighted by atomic mass is 10.2. The Balaban J connectivity index is 2.23. The van der Waals surface area contributed by atoms with Gasteiger partial charge in [-0.1, -0.05) is 11.6 Å². The van der Waals surface area contributed by atoms with Crippen LogP contribution in [0.4, 0.5) is 11.5 Å². The second-order valence-electron chi connectivity index (χ2n) is 3.68. The second-order valence-corrected chi connectivity index (χ2v) is 6.11. The molecule has 0 aliphatic rings. The Kier molecular flexibility index (Phi) is 4.64. The van der Waals surface area contributed by atoms with Crippen LogP contribution in [0.25, 0.3) is 0 Å². The van der Waals surface area contributed by atoms with Crippen molar-refractivity contribution in [2.45, 2.75) is 0 Å². The highest BCUT2D eigenvalue weighted by Gasteiger charge is 2.11. The second kappa shape index (κ2) is 6.06. The third-order valence-electron chi connectivity index (χ3n) is 2.28. The van der Waals surface area contributed by atoms with E-state index in [4.69, 9.17) is 17.3 Å². The minimum atomic E-state index is -0.281. The number of nitrogens with two attached hydrogens (primary N) is 1. The Morgan fingerprint density at radius 1 is 1.42 bits per heavy atom. The molecule has 98 valence electrons. The number of nitrogens with zero attached hydrogens (tertiary/aromatic N) is 1. The van der Waals surface area contributed by atoms with Gasteiger partial charge in [0.1, 0.15) is 5.82 Å². The fraction of sp³-hybridized carbons (Fsp3) is 0. The molecule has 0 radical (unpaired) electrons. The van der Waals surface area contributed by atoms with Crippen LogP contribution >= 0.6 is 50.1 Å². The zero-order chi connectivity index (χ0) is 14.0. The van der Waals surface area contributed by atoms with Crippen molar-refractivity contribution in [2.75, 3.05) is 11.1 Å². The first-order chi connectivity index (χ1) is 8.97. The predicted octanol–water partition coefficient (Wildman–Crippen LogP) is 3.94. The Morgan fingerprint density at radius 3 is 2.79 bits per heavy atom. The highest BCUT2D eigenvalue weighted by atomic mass is 127. The maximum atomic E-state index is 12.1. The van der Waals surface area contributed by atoms with Crippen LogP contribution in [0.3, 0.4) is 0 Å². The molecule has 0 spiro atoms. The smallest absolute Gasteiger partial charge is 0.256 e. The van der Waals surface area contributed by atoms with Gasteiger partial charge in [0.15, 0.2) is 0 Å². The van der Waals surface area contributed by atoms with E-state index in [0.29, 0.717) is 26.6 Å². The standard InChI is InChI=1S/C12H8BrClIN3O/c13-8-4-7(16)5-17-11(8)18-12(19)6-1-2-10(15)9(14)3-6/h1-5H,16H2,(H,17,18,19). The van der Waals surface area contributed by atoms with Crippen molar-refractivity contribution in [1.82, 2.24) is 4.98 Å². The van der Waals surface area contributed by atoms with Gasteiger partial charge in [0.2, 0.25) is 0 Å². The third kappa shape index (κ3) is 3.58. The molecule has 0 aliphatic heterocycles. The Bertz CT molecular complexity index is 651. The molecule has 2 aromatic rings. The summed E-state index contributed by atoms with van der Waals surface area (Å²) in [5.74, 6) is 0.130. The van der Waals surface area contributed by atoms with Gasteiger partial charge in [-0.15, -0.1) is 0 Å². The topological polar surface area (TPSA) is 68.0 Å². The molecular weight excluding hydrogens is 444 g/mol. The zero-order valence-electron chi connectivity index (χ0n) is 9.45. The molecule has 19 heavy (non-hydrogen) atoms. The molecule has 1 amide bonds. The van der Waals surface area contributed by atoms with Gasteiger partial charge in [-0.3, -0.25) is 4.79 Å². The number of carbonyl (C=O) groups excluding carboxylic acids is 1. The lowest BCUT2D eigenvalue weighted by molar-refractivity contribution is 0.102. The molecule has 3 N–H and O–H groups in total. The molecule has 2 rings (SSSR count). The molecule has 1 aromatic heterocycles. The van der Waals surface area contributed by atoms with Crippen molar-refractivity contribution in [1.29, 1.82) is 0 Å². The number of pyridine rings is 1. The Labute approximate surface area is 137 Å². The van der Waals surface area contributed by atoms with Crippen molar-refractivity contribution in [3.8, 4) is 0 Å². The predicted molar refractivity (Wildman–Crippen MR) is 88.5 cm³/mol. The summed E-state index contributed by atoms with van der Waals surface area (Å²) in [4.78, 5) is 16.1. The normalized spacial score (nSPS) is 10.3. The van der Waals surface area contributed by atoms with Crippen molar-refractivity contribution < 1.29 is 4.79 Å². The average molecular weight is 452 g/mol. The van der Waals surface area contributed by atoms with Crippen LogP contribution in [-0.2, 0) is 0 Å². The van der Waals surface area contributed by atoms with E-state index in [1.54, 1.807) is 24.3 Å². The highest BCUT2D eigenvalue weighted by molar-refractivity contribution is 14.1. The number of nitrogen functional groups attached to an aromatic ring is 1. The molecule has 0 fully saturated rings. The van der Waals surface area contributed by atoms with Gasteiger partial charge < -0.3 is 11.1 Å². The Hall–Kier alpha value is -0.860. The van der Waals surface area contributed by atoms with E-state index in [1.807, 2.05) is 0 Å². The average Bonchev–Trinajstić information content (AvgIpc) is 2.36. The lowest BCUT2D eigenvalue weighted by Crippen LogP contribution is -2.13. The fourth-order valence-electron chi connectivity index (χ4n) is 1.36. The number of rotatable bonds is 2. The van der Waals surface area contributed by atoms with Crippen molar-refractivity contribution >= 4 is 67.5 Å². The first-order valence-electron chi connectivity index (χ1n) is 5.15. The van der Waals surface area contributed by atoms with Gasteiger partial charge in [0.25, 0.3) is 5.91 Å². The van der Waals surface area contributed by atoms with Crippen LogP contribution in [0.2, 0.25) is 5.02 Å². The van der Waals surface area contributed by atoms with E-state index < -0.39 is 0 Å². The van der Waals surface area contributed by atoms with Crippen molar-refractivity contribution in [3.05, 3.63) is 49.1 Å². The fourth-order valence-corrected chi connectivity index (χ4v) is 2.34. The number of hydrogen-bond acceptors (Lipinski definition) is 3. The van der Waals surface area contributed by atoms with Crippen LogP contribution in [0.15, 0.2) is 34.9 Å². The summed E-state index contributed by atoms with van der Waals surface area (Å²) in [6.07, 6.45) is 1.47. The molecule has 0 saturated heterocycles. The quantitative estimate of drug-likeness (QED) is 0.679. The van der Waals surface area contributed by atoms with Gasteiger partial charge in [0, 0.05) is 9.13 Å².